The smallest absolute Gasteiger partial charge is 0.411 e. The van der Waals surface area contributed by atoms with Crippen molar-refractivity contribution in [3.05, 3.63) is 27.8 Å². The van der Waals surface area contributed by atoms with Gasteiger partial charge in [0.2, 0.25) is 0 Å². The molecule has 0 spiro atoms. The van der Waals surface area contributed by atoms with E-state index in [1.54, 1.807) is 12.1 Å². The molecule has 17 heavy (non-hydrogen) atoms. The third-order valence-corrected chi connectivity index (χ3v) is 2.51. The van der Waals surface area contributed by atoms with Gasteiger partial charge in [0.05, 0.1) is 6.61 Å². The molecule has 6 heteroatoms. The van der Waals surface area contributed by atoms with Crippen LogP contribution in [0.1, 0.15) is 12.8 Å². The third-order valence-electron chi connectivity index (χ3n) is 1.84. The highest BCUT2D eigenvalue weighted by molar-refractivity contribution is 14.1. The van der Waals surface area contributed by atoms with Crippen LogP contribution < -0.4 is 5.32 Å². The Balaban J connectivity index is 2.27. The second-order valence-corrected chi connectivity index (χ2v) is 4.51. The number of carboxylic acids is 1. The molecule has 0 saturated heterocycles. The van der Waals surface area contributed by atoms with E-state index in [4.69, 9.17) is 9.84 Å². The van der Waals surface area contributed by atoms with Crippen LogP contribution >= 0.6 is 22.6 Å². The van der Waals surface area contributed by atoms with Gasteiger partial charge in [-0.3, -0.25) is 10.1 Å². The van der Waals surface area contributed by atoms with E-state index in [1.807, 2.05) is 12.1 Å². The molecular weight excluding hydrogens is 337 g/mol. The van der Waals surface area contributed by atoms with Gasteiger partial charge in [0, 0.05) is 15.7 Å². The minimum Gasteiger partial charge on any atom is -0.481 e. The van der Waals surface area contributed by atoms with E-state index in [2.05, 4.69) is 27.9 Å². The lowest BCUT2D eigenvalue weighted by molar-refractivity contribution is -0.137. The second-order valence-electron chi connectivity index (χ2n) is 3.27. The largest absolute Gasteiger partial charge is 0.481 e. The number of anilines is 1. The summed E-state index contributed by atoms with van der Waals surface area (Å²) in [6.07, 6.45) is -0.261. The number of hydrogen-bond donors (Lipinski definition) is 2. The first-order valence-corrected chi connectivity index (χ1v) is 6.07. The molecule has 0 aliphatic rings. The van der Waals surface area contributed by atoms with Crippen LogP contribution in [0.15, 0.2) is 24.3 Å². The van der Waals surface area contributed by atoms with Gasteiger partial charge >= 0.3 is 12.1 Å². The predicted octanol–water partition coefficient (Wildman–Crippen LogP) is 2.70. The lowest BCUT2D eigenvalue weighted by Crippen LogP contribution is -2.14. The van der Waals surface area contributed by atoms with Gasteiger partial charge in [-0.15, -0.1) is 0 Å². The number of carboxylic acid groups (broad SMARTS) is 1. The SMILES string of the molecule is O=C(O)CCCOC(=O)Nc1cccc(I)c1. The average Bonchev–Trinajstić information content (AvgIpc) is 2.24. The molecule has 92 valence electrons. The Labute approximate surface area is 112 Å². The molecule has 1 rings (SSSR count). The van der Waals surface area contributed by atoms with Gasteiger partial charge < -0.3 is 9.84 Å². The van der Waals surface area contributed by atoms with E-state index in [1.165, 1.54) is 0 Å². The van der Waals surface area contributed by atoms with Crippen LogP contribution in [0.5, 0.6) is 0 Å². The first-order chi connectivity index (χ1) is 8.08. The van der Waals surface area contributed by atoms with Gasteiger partial charge in [-0.1, -0.05) is 6.07 Å². The first-order valence-electron chi connectivity index (χ1n) is 4.99. The summed E-state index contributed by atoms with van der Waals surface area (Å²) in [6, 6.07) is 7.28. The van der Waals surface area contributed by atoms with Crippen molar-refractivity contribution in [3.8, 4) is 0 Å². The Hall–Kier alpha value is -1.31. The van der Waals surface area contributed by atoms with Gasteiger partial charge in [-0.25, -0.2) is 4.79 Å². The highest BCUT2D eigenvalue weighted by Gasteiger charge is 2.04. The minimum atomic E-state index is -0.897. The zero-order chi connectivity index (χ0) is 12.7. The van der Waals surface area contributed by atoms with Crippen molar-refractivity contribution >= 4 is 40.3 Å². The fraction of sp³-hybridized carbons (Fsp3) is 0.273. The average molecular weight is 349 g/mol. The van der Waals surface area contributed by atoms with Crippen LogP contribution in [0.25, 0.3) is 0 Å². The number of rotatable bonds is 5. The summed E-state index contributed by atoms with van der Waals surface area (Å²) < 4.78 is 5.83. The van der Waals surface area contributed by atoms with E-state index in [0.29, 0.717) is 12.1 Å². The normalized spacial score (nSPS) is 9.71. The molecule has 0 atom stereocenters. The Morgan fingerprint density at radius 2 is 2.18 bits per heavy atom. The van der Waals surface area contributed by atoms with Gasteiger partial charge in [-0.2, -0.15) is 0 Å². The predicted molar refractivity (Wildman–Crippen MR) is 71.0 cm³/mol. The molecule has 0 radical (unpaired) electrons. The Bertz CT molecular complexity index is 408. The van der Waals surface area contributed by atoms with Crippen LogP contribution in [0.3, 0.4) is 0 Å². The summed E-state index contributed by atoms with van der Waals surface area (Å²) in [7, 11) is 0. The lowest BCUT2D eigenvalue weighted by atomic mass is 10.3. The summed E-state index contributed by atoms with van der Waals surface area (Å²) in [5, 5.41) is 10.9. The summed E-state index contributed by atoms with van der Waals surface area (Å²) in [4.78, 5) is 21.5. The van der Waals surface area contributed by atoms with E-state index >= 15 is 0 Å². The first kappa shape index (κ1) is 13.8. The Morgan fingerprint density at radius 1 is 1.41 bits per heavy atom. The number of hydrogen-bond acceptors (Lipinski definition) is 3. The monoisotopic (exact) mass is 349 g/mol. The number of halogens is 1. The van der Waals surface area contributed by atoms with Gasteiger partial charge in [0.25, 0.3) is 0 Å². The summed E-state index contributed by atoms with van der Waals surface area (Å²) in [5.74, 6) is -0.897. The van der Waals surface area contributed by atoms with Crippen molar-refractivity contribution in [3.63, 3.8) is 0 Å². The molecule has 0 bridgehead atoms. The maximum atomic E-state index is 11.3. The van der Waals surface area contributed by atoms with Crippen LogP contribution in [0, 0.1) is 3.57 Å². The van der Waals surface area contributed by atoms with Gasteiger partial charge in [-0.05, 0) is 47.2 Å². The lowest BCUT2D eigenvalue weighted by Gasteiger charge is -2.06. The molecule has 0 saturated carbocycles. The quantitative estimate of drug-likeness (QED) is 0.633. The fourth-order valence-electron chi connectivity index (χ4n) is 1.11. The van der Waals surface area contributed by atoms with Crippen molar-refractivity contribution in [2.45, 2.75) is 12.8 Å². The van der Waals surface area contributed by atoms with Crippen molar-refractivity contribution in [2.75, 3.05) is 11.9 Å². The molecule has 0 fully saturated rings. The summed E-state index contributed by atoms with van der Waals surface area (Å²) in [5.41, 5.74) is 0.653. The van der Waals surface area contributed by atoms with Crippen LogP contribution in [0.4, 0.5) is 10.5 Å². The number of nitrogens with one attached hydrogen (secondary N) is 1. The molecular formula is C11H12INO4. The highest BCUT2D eigenvalue weighted by atomic mass is 127. The number of carbonyl (C=O) groups excluding carboxylic acids is 1. The van der Waals surface area contributed by atoms with Crippen LogP contribution in [-0.2, 0) is 9.53 Å². The third kappa shape index (κ3) is 6.10. The molecule has 1 aromatic rings. The topological polar surface area (TPSA) is 75.6 Å². The molecule has 0 unspecified atom stereocenters. The molecule has 2 N–H and O–H groups in total. The summed E-state index contributed by atoms with van der Waals surface area (Å²) in [6.45, 7) is 0.0993. The second kappa shape index (κ2) is 7.10. The van der Waals surface area contributed by atoms with E-state index in [0.717, 1.165) is 3.57 Å². The zero-order valence-corrected chi connectivity index (χ0v) is 11.1. The van der Waals surface area contributed by atoms with E-state index < -0.39 is 12.1 Å². The van der Waals surface area contributed by atoms with Gasteiger partial charge in [0.15, 0.2) is 0 Å². The maximum Gasteiger partial charge on any atom is 0.411 e. The molecule has 1 amide bonds. The number of amides is 1. The summed E-state index contributed by atoms with van der Waals surface area (Å²) >= 11 is 2.14. The molecule has 0 aliphatic carbocycles. The van der Waals surface area contributed by atoms with E-state index in [-0.39, 0.29) is 13.0 Å². The Morgan fingerprint density at radius 3 is 2.82 bits per heavy atom. The number of aliphatic carboxylic acids is 1. The molecule has 5 nitrogen and oxygen atoms in total. The van der Waals surface area contributed by atoms with Crippen LogP contribution in [-0.4, -0.2) is 23.8 Å². The molecule has 0 heterocycles. The number of benzene rings is 1. The van der Waals surface area contributed by atoms with E-state index in [9.17, 15) is 9.59 Å². The van der Waals surface area contributed by atoms with Crippen molar-refractivity contribution in [2.24, 2.45) is 0 Å². The molecule has 0 aromatic heterocycles. The highest BCUT2D eigenvalue weighted by Crippen LogP contribution is 2.12. The number of carbonyl (C=O) groups is 2. The maximum absolute atomic E-state index is 11.3. The minimum absolute atomic E-state index is 0.00346. The number of ether oxygens (including phenoxy) is 1. The standard InChI is InChI=1S/C11H12INO4/c12-8-3-1-4-9(7-8)13-11(16)17-6-2-5-10(14)15/h1,3-4,7H,2,5-6H2,(H,13,16)(H,14,15). The zero-order valence-electron chi connectivity index (χ0n) is 8.98. The molecule has 0 aliphatic heterocycles. The van der Waals surface area contributed by atoms with Crippen LogP contribution in [0.2, 0.25) is 0 Å². The molecule has 1 aromatic carbocycles. The van der Waals surface area contributed by atoms with Crippen molar-refractivity contribution < 1.29 is 19.4 Å². The Kier molecular flexibility index (Phi) is 5.75. The van der Waals surface area contributed by atoms with Gasteiger partial charge in [0.1, 0.15) is 0 Å². The fourth-order valence-corrected chi connectivity index (χ4v) is 1.65. The van der Waals surface area contributed by atoms with Crippen molar-refractivity contribution in [1.82, 2.24) is 0 Å². The van der Waals surface area contributed by atoms with Crippen molar-refractivity contribution in [1.29, 1.82) is 0 Å².